The van der Waals surface area contributed by atoms with Crippen molar-refractivity contribution in [3.8, 4) is 0 Å². The highest BCUT2D eigenvalue weighted by Gasteiger charge is 2.19. The van der Waals surface area contributed by atoms with Crippen molar-refractivity contribution in [2.24, 2.45) is 0 Å². The van der Waals surface area contributed by atoms with E-state index in [2.05, 4.69) is 5.32 Å². The van der Waals surface area contributed by atoms with E-state index in [1.54, 1.807) is 19.1 Å². The molecule has 0 unspecified atom stereocenters. The Labute approximate surface area is 113 Å². The van der Waals surface area contributed by atoms with Gasteiger partial charge >= 0.3 is 0 Å². The molecule has 2 rings (SSSR count). The number of carbonyl (C=O) groups excluding carboxylic acids is 1. The molecule has 0 aromatic heterocycles. The Kier molecular flexibility index (Phi) is 3.65. The average Bonchev–Trinajstić information content (AvgIpc) is 2.31. The summed E-state index contributed by atoms with van der Waals surface area (Å²) < 4.78 is 39.7. The van der Waals surface area contributed by atoms with Crippen LogP contribution in [0.25, 0.3) is 0 Å². The second-order valence-corrected chi connectivity index (χ2v) is 4.29. The van der Waals surface area contributed by atoms with E-state index in [4.69, 9.17) is 5.73 Å². The Bertz CT molecular complexity index is 663. The highest BCUT2D eigenvalue weighted by Crippen LogP contribution is 2.22. The molecular weight excluding hydrogens is 269 g/mol. The largest absolute Gasteiger partial charge is 0.397 e. The first-order valence-electron chi connectivity index (χ1n) is 5.70. The summed E-state index contributed by atoms with van der Waals surface area (Å²) in [5, 5.41) is 2.29. The molecule has 0 aliphatic carbocycles. The predicted octanol–water partition coefficient (Wildman–Crippen LogP) is 3.25. The van der Waals surface area contributed by atoms with Crippen LogP contribution in [0.2, 0.25) is 0 Å². The highest BCUT2D eigenvalue weighted by atomic mass is 19.1. The van der Waals surface area contributed by atoms with E-state index >= 15 is 0 Å². The number of nitrogen functional groups attached to an aromatic ring is 1. The van der Waals surface area contributed by atoms with Gasteiger partial charge in [0.2, 0.25) is 0 Å². The number of halogens is 3. The standard InChI is InChI=1S/C14H11F3N2O/c1-7-2-3-12(11(18)4-7)19-14(20)13-9(16)5-8(15)6-10(13)17/h2-6H,18H2,1H3,(H,19,20). The molecule has 1 amide bonds. The lowest BCUT2D eigenvalue weighted by Crippen LogP contribution is -2.17. The summed E-state index contributed by atoms with van der Waals surface area (Å²) in [5.74, 6) is -4.67. The van der Waals surface area contributed by atoms with Gasteiger partial charge in [0.25, 0.3) is 5.91 Å². The number of rotatable bonds is 2. The van der Waals surface area contributed by atoms with Crippen molar-refractivity contribution in [3.63, 3.8) is 0 Å². The molecular formula is C14H11F3N2O. The van der Waals surface area contributed by atoms with Gasteiger partial charge in [0.1, 0.15) is 23.0 Å². The Morgan fingerprint density at radius 1 is 1.10 bits per heavy atom. The molecule has 0 saturated heterocycles. The van der Waals surface area contributed by atoms with Crippen molar-refractivity contribution in [2.45, 2.75) is 6.92 Å². The number of hydrogen-bond acceptors (Lipinski definition) is 2. The van der Waals surface area contributed by atoms with Crippen LogP contribution >= 0.6 is 0 Å². The summed E-state index contributed by atoms with van der Waals surface area (Å²) in [7, 11) is 0. The van der Waals surface area contributed by atoms with Gasteiger partial charge in [0, 0.05) is 12.1 Å². The Balaban J connectivity index is 2.33. The third-order valence-corrected chi connectivity index (χ3v) is 2.69. The SMILES string of the molecule is Cc1ccc(NC(=O)c2c(F)cc(F)cc2F)c(N)c1. The fourth-order valence-corrected chi connectivity index (χ4v) is 1.74. The van der Waals surface area contributed by atoms with Gasteiger partial charge in [-0.05, 0) is 24.6 Å². The van der Waals surface area contributed by atoms with Crippen LogP contribution in [0.15, 0.2) is 30.3 Å². The maximum absolute atomic E-state index is 13.5. The number of nitrogens with two attached hydrogens (primary N) is 1. The highest BCUT2D eigenvalue weighted by molar-refractivity contribution is 6.06. The third kappa shape index (κ3) is 2.74. The minimum atomic E-state index is -1.27. The van der Waals surface area contributed by atoms with E-state index in [-0.39, 0.29) is 11.4 Å². The van der Waals surface area contributed by atoms with E-state index in [1.165, 1.54) is 6.07 Å². The lowest BCUT2D eigenvalue weighted by Gasteiger charge is -2.10. The number of anilines is 2. The summed E-state index contributed by atoms with van der Waals surface area (Å²) in [6.45, 7) is 1.81. The lowest BCUT2D eigenvalue weighted by atomic mass is 10.1. The summed E-state index contributed by atoms with van der Waals surface area (Å²) in [6, 6.07) is 5.69. The molecule has 2 aromatic rings. The van der Waals surface area contributed by atoms with Crippen LogP contribution in [0.5, 0.6) is 0 Å². The summed E-state index contributed by atoms with van der Waals surface area (Å²) in [5.41, 5.74) is 6.20. The van der Waals surface area contributed by atoms with Gasteiger partial charge in [-0.3, -0.25) is 4.79 Å². The molecule has 0 bridgehead atoms. The zero-order valence-electron chi connectivity index (χ0n) is 10.5. The van der Waals surface area contributed by atoms with Crippen LogP contribution in [0.3, 0.4) is 0 Å². The van der Waals surface area contributed by atoms with Crippen LogP contribution < -0.4 is 11.1 Å². The lowest BCUT2D eigenvalue weighted by molar-refractivity contribution is 0.101. The predicted molar refractivity (Wildman–Crippen MR) is 69.9 cm³/mol. The van der Waals surface area contributed by atoms with Crippen LogP contribution in [0, 0.1) is 24.4 Å². The molecule has 0 fully saturated rings. The maximum Gasteiger partial charge on any atom is 0.261 e. The molecule has 6 heteroatoms. The molecule has 3 nitrogen and oxygen atoms in total. The number of hydrogen-bond donors (Lipinski definition) is 2. The van der Waals surface area contributed by atoms with Crippen molar-refractivity contribution in [1.29, 1.82) is 0 Å². The van der Waals surface area contributed by atoms with Crippen molar-refractivity contribution < 1.29 is 18.0 Å². The third-order valence-electron chi connectivity index (χ3n) is 2.69. The number of aryl methyl sites for hydroxylation is 1. The van der Waals surface area contributed by atoms with Crippen molar-refractivity contribution in [3.05, 3.63) is 58.9 Å². The van der Waals surface area contributed by atoms with Gasteiger partial charge < -0.3 is 11.1 Å². The molecule has 0 atom stereocenters. The summed E-state index contributed by atoms with van der Waals surface area (Å²) in [4.78, 5) is 11.8. The van der Waals surface area contributed by atoms with Crippen LogP contribution in [-0.4, -0.2) is 5.91 Å². The topological polar surface area (TPSA) is 55.1 Å². The summed E-state index contributed by atoms with van der Waals surface area (Å²) >= 11 is 0. The fourth-order valence-electron chi connectivity index (χ4n) is 1.74. The second-order valence-electron chi connectivity index (χ2n) is 4.29. The van der Waals surface area contributed by atoms with E-state index in [1.807, 2.05) is 0 Å². The molecule has 2 aromatic carbocycles. The summed E-state index contributed by atoms with van der Waals surface area (Å²) in [6.07, 6.45) is 0. The molecule has 0 aliphatic heterocycles. The first kappa shape index (κ1) is 13.9. The molecule has 0 aliphatic rings. The molecule has 20 heavy (non-hydrogen) atoms. The van der Waals surface area contributed by atoms with Gasteiger partial charge in [-0.2, -0.15) is 0 Å². The first-order chi connectivity index (χ1) is 9.38. The number of amides is 1. The zero-order valence-corrected chi connectivity index (χ0v) is 10.5. The number of nitrogens with one attached hydrogen (secondary N) is 1. The molecule has 0 radical (unpaired) electrons. The normalized spacial score (nSPS) is 10.4. The minimum Gasteiger partial charge on any atom is -0.397 e. The number of carbonyl (C=O) groups is 1. The van der Waals surface area contributed by atoms with Crippen molar-refractivity contribution in [1.82, 2.24) is 0 Å². The first-order valence-corrected chi connectivity index (χ1v) is 5.70. The smallest absolute Gasteiger partial charge is 0.261 e. The van der Waals surface area contributed by atoms with Crippen LogP contribution in [-0.2, 0) is 0 Å². The molecule has 0 heterocycles. The van der Waals surface area contributed by atoms with Gasteiger partial charge in [-0.1, -0.05) is 6.07 Å². The second kappa shape index (κ2) is 5.24. The van der Waals surface area contributed by atoms with Gasteiger partial charge in [0.15, 0.2) is 0 Å². The Morgan fingerprint density at radius 3 is 2.25 bits per heavy atom. The van der Waals surface area contributed by atoms with E-state index in [9.17, 15) is 18.0 Å². The minimum absolute atomic E-state index is 0.226. The quantitative estimate of drug-likeness (QED) is 0.830. The van der Waals surface area contributed by atoms with Gasteiger partial charge in [-0.15, -0.1) is 0 Å². The maximum atomic E-state index is 13.5. The molecule has 104 valence electrons. The van der Waals surface area contributed by atoms with Crippen molar-refractivity contribution in [2.75, 3.05) is 11.1 Å². The zero-order chi connectivity index (χ0) is 14.9. The molecule has 0 spiro atoms. The average molecular weight is 280 g/mol. The van der Waals surface area contributed by atoms with E-state index in [0.29, 0.717) is 12.1 Å². The van der Waals surface area contributed by atoms with Crippen molar-refractivity contribution >= 4 is 17.3 Å². The van der Waals surface area contributed by atoms with Gasteiger partial charge in [0.05, 0.1) is 11.4 Å². The van der Waals surface area contributed by atoms with Crippen LogP contribution in [0.1, 0.15) is 15.9 Å². The number of benzene rings is 2. The monoisotopic (exact) mass is 280 g/mol. The van der Waals surface area contributed by atoms with Gasteiger partial charge in [-0.25, -0.2) is 13.2 Å². The molecule has 0 saturated carbocycles. The van der Waals surface area contributed by atoms with E-state index in [0.717, 1.165) is 5.56 Å². The Morgan fingerprint density at radius 2 is 1.70 bits per heavy atom. The molecule has 3 N–H and O–H groups in total. The Hall–Kier alpha value is -2.50. The van der Waals surface area contributed by atoms with E-state index < -0.39 is 28.9 Å². The fraction of sp³-hybridized carbons (Fsp3) is 0.0714. The van der Waals surface area contributed by atoms with Crippen LogP contribution in [0.4, 0.5) is 24.5 Å².